The molecule has 0 saturated heterocycles. The third-order valence-electron chi connectivity index (χ3n) is 1.98. The van der Waals surface area contributed by atoms with Gasteiger partial charge < -0.3 is 0 Å². The van der Waals surface area contributed by atoms with Gasteiger partial charge in [-0.1, -0.05) is 15.9 Å². The van der Waals surface area contributed by atoms with Crippen molar-refractivity contribution in [3.05, 3.63) is 0 Å². The van der Waals surface area contributed by atoms with Crippen LogP contribution in [0.25, 0.3) is 0 Å². The SMILES string of the molecule is O=C(Cl)C1CCC(Br)CC1. The molecule has 1 saturated carbocycles. The fourth-order valence-electron chi connectivity index (χ4n) is 1.28. The van der Waals surface area contributed by atoms with Gasteiger partial charge in [-0.3, -0.25) is 4.79 Å². The van der Waals surface area contributed by atoms with E-state index in [0.29, 0.717) is 4.83 Å². The van der Waals surface area contributed by atoms with Crippen LogP contribution in [0.2, 0.25) is 0 Å². The molecule has 0 unspecified atom stereocenters. The van der Waals surface area contributed by atoms with Gasteiger partial charge in [-0.2, -0.15) is 0 Å². The number of carbonyl (C=O) groups excluding carboxylic acids is 1. The highest BCUT2D eigenvalue weighted by atomic mass is 79.9. The first-order chi connectivity index (χ1) is 4.70. The maximum absolute atomic E-state index is 10.7. The van der Waals surface area contributed by atoms with E-state index in [1.54, 1.807) is 0 Å². The first-order valence-electron chi connectivity index (χ1n) is 3.53. The van der Waals surface area contributed by atoms with Crippen molar-refractivity contribution in [3.63, 3.8) is 0 Å². The largest absolute Gasteiger partial charge is 0.281 e. The van der Waals surface area contributed by atoms with Crippen LogP contribution >= 0.6 is 27.5 Å². The number of alkyl halides is 1. The van der Waals surface area contributed by atoms with Crippen LogP contribution < -0.4 is 0 Å². The third-order valence-corrected chi connectivity index (χ3v) is 3.20. The van der Waals surface area contributed by atoms with Crippen molar-refractivity contribution in [1.29, 1.82) is 0 Å². The van der Waals surface area contributed by atoms with E-state index in [1.807, 2.05) is 0 Å². The van der Waals surface area contributed by atoms with Crippen LogP contribution in [-0.2, 0) is 4.79 Å². The van der Waals surface area contributed by atoms with Gasteiger partial charge in [0.1, 0.15) is 0 Å². The summed E-state index contributed by atoms with van der Waals surface area (Å²) in [4.78, 5) is 11.3. The second kappa shape index (κ2) is 3.72. The van der Waals surface area contributed by atoms with Gasteiger partial charge in [-0.05, 0) is 37.3 Å². The minimum Gasteiger partial charge on any atom is -0.281 e. The Morgan fingerprint density at radius 2 is 1.80 bits per heavy atom. The number of rotatable bonds is 1. The van der Waals surface area contributed by atoms with Crippen molar-refractivity contribution >= 4 is 32.8 Å². The highest BCUT2D eigenvalue weighted by Gasteiger charge is 2.23. The summed E-state index contributed by atoms with van der Waals surface area (Å²) in [6.07, 6.45) is 4.09. The number of halogens is 2. The Kier molecular flexibility index (Phi) is 3.18. The van der Waals surface area contributed by atoms with E-state index < -0.39 is 0 Å². The molecule has 1 aliphatic rings. The van der Waals surface area contributed by atoms with Gasteiger partial charge in [-0.15, -0.1) is 0 Å². The molecule has 58 valence electrons. The second-order valence-corrected chi connectivity index (χ2v) is 4.42. The van der Waals surface area contributed by atoms with Crippen LogP contribution in [0, 0.1) is 5.92 Å². The van der Waals surface area contributed by atoms with Gasteiger partial charge in [0.05, 0.1) is 0 Å². The molecular formula is C7H10BrClO. The van der Waals surface area contributed by atoms with Gasteiger partial charge in [0.2, 0.25) is 5.24 Å². The normalized spacial score (nSPS) is 33.8. The molecule has 0 aromatic heterocycles. The lowest BCUT2D eigenvalue weighted by atomic mass is 9.90. The average molecular weight is 226 g/mol. The lowest BCUT2D eigenvalue weighted by Gasteiger charge is -2.21. The summed E-state index contributed by atoms with van der Waals surface area (Å²) < 4.78 is 0. The number of carbonyl (C=O) groups is 1. The molecule has 1 rings (SSSR count). The molecule has 0 radical (unpaired) electrons. The van der Waals surface area contributed by atoms with Crippen LogP contribution in [0.3, 0.4) is 0 Å². The maximum Gasteiger partial charge on any atom is 0.224 e. The zero-order valence-corrected chi connectivity index (χ0v) is 7.99. The number of hydrogen-bond acceptors (Lipinski definition) is 1. The zero-order chi connectivity index (χ0) is 7.56. The fourth-order valence-corrected chi connectivity index (χ4v) is 2.03. The molecule has 0 amide bonds. The first-order valence-corrected chi connectivity index (χ1v) is 4.83. The third kappa shape index (κ3) is 2.24. The van der Waals surface area contributed by atoms with E-state index in [2.05, 4.69) is 15.9 Å². The molecule has 1 fully saturated rings. The molecule has 3 heteroatoms. The summed E-state index contributed by atoms with van der Waals surface area (Å²) >= 11 is 8.86. The Bertz CT molecular complexity index is 130. The predicted octanol–water partition coefficient (Wildman–Crippen LogP) is 2.71. The summed E-state index contributed by atoms with van der Waals surface area (Å²) in [5.41, 5.74) is 0. The Morgan fingerprint density at radius 1 is 1.30 bits per heavy atom. The minimum absolute atomic E-state index is 0.135. The quantitative estimate of drug-likeness (QED) is 0.495. The van der Waals surface area contributed by atoms with Gasteiger partial charge in [0.25, 0.3) is 0 Å². The van der Waals surface area contributed by atoms with Crippen molar-refractivity contribution in [2.24, 2.45) is 5.92 Å². The molecule has 0 N–H and O–H groups in total. The first kappa shape index (κ1) is 8.54. The zero-order valence-electron chi connectivity index (χ0n) is 5.65. The topological polar surface area (TPSA) is 17.1 Å². The van der Waals surface area contributed by atoms with E-state index in [-0.39, 0.29) is 11.2 Å². The molecule has 0 aromatic rings. The molecule has 1 aliphatic carbocycles. The van der Waals surface area contributed by atoms with Crippen LogP contribution in [0.5, 0.6) is 0 Å². The average Bonchev–Trinajstić information content (AvgIpc) is 1.88. The van der Waals surface area contributed by atoms with Gasteiger partial charge in [0.15, 0.2) is 0 Å². The van der Waals surface area contributed by atoms with E-state index in [1.165, 1.54) is 0 Å². The van der Waals surface area contributed by atoms with Gasteiger partial charge in [0, 0.05) is 10.7 Å². The number of hydrogen-bond donors (Lipinski definition) is 0. The molecule has 0 bridgehead atoms. The molecule has 0 heterocycles. The molecule has 0 atom stereocenters. The summed E-state index contributed by atoms with van der Waals surface area (Å²) in [6, 6.07) is 0. The van der Waals surface area contributed by atoms with Gasteiger partial charge >= 0.3 is 0 Å². The molecule has 0 aliphatic heterocycles. The summed E-state index contributed by atoms with van der Waals surface area (Å²) in [5, 5.41) is -0.153. The van der Waals surface area contributed by atoms with Crippen LogP contribution in [-0.4, -0.2) is 10.1 Å². The van der Waals surface area contributed by atoms with Gasteiger partial charge in [-0.25, -0.2) is 0 Å². The van der Waals surface area contributed by atoms with Crippen molar-refractivity contribution in [3.8, 4) is 0 Å². The molecule has 1 nitrogen and oxygen atoms in total. The molecule has 0 spiro atoms. The van der Waals surface area contributed by atoms with E-state index in [9.17, 15) is 4.79 Å². The standard InChI is InChI=1S/C7H10BrClO/c8-6-3-1-5(2-4-6)7(9)10/h5-6H,1-4H2. The molecule has 0 aromatic carbocycles. The van der Waals surface area contributed by atoms with Crippen molar-refractivity contribution in [2.45, 2.75) is 30.5 Å². The van der Waals surface area contributed by atoms with Crippen LogP contribution in [0.4, 0.5) is 0 Å². The summed E-state index contributed by atoms with van der Waals surface area (Å²) in [6.45, 7) is 0. The summed E-state index contributed by atoms with van der Waals surface area (Å²) in [5.74, 6) is 0.135. The Hall–Kier alpha value is 0.440. The van der Waals surface area contributed by atoms with Crippen molar-refractivity contribution in [2.75, 3.05) is 0 Å². The van der Waals surface area contributed by atoms with E-state index in [4.69, 9.17) is 11.6 Å². The fraction of sp³-hybridized carbons (Fsp3) is 0.857. The second-order valence-electron chi connectivity index (χ2n) is 2.75. The Labute approximate surface area is 74.3 Å². The van der Waals surface area contributed by atoms with E-state index >= 15 is 0 Å². The maximum atomic E-state index is 10.7. The molecular weight excluding hydrogens is 215 g/mol. The highest BCUT2D eigenvalue weighted by Crippen LogP contribution is 2.29. The smallest absolute Gasteiger partial charge is 0.224 e. The molecule has 10 heavy (non-hydrogen) atoms. The lowest BCUT2D eigenvalue weighted by molar-refractivity contribution is -0.115. The minimum atomic E-state index is -0.153. The van der Waals surface area contributed by atoms with Crippen molar-refractivity contribution < 1.29 is 4.79 Å². The van der Waals surface area contributed by atoms with E-state index in [0.717, 1.165) is 25.7 Å². The monoisotopic (exact) mass is 224 g/mol. The summed E-state index contributed by atoms with van der Waals surface area (Å²) in [7, 11) is 0. The Balaban J connectivity index is 2.33. The Morgan fingerprint density at radius 3 is 2.20 bits per heavy atom. The lowest BCUT2D eigenvalue weighted by Crippen LogP contribution is -2.18. The van der Waals surface area contributed by atoms with Crippen LogP contribution in [0.15, 0.2) is 0 Å². The predicted molar refractivity (Wildman–Crippen MR) is 45.5 cm³/mol. The highest BCUT2D eigenvalue weighted by molar-refractivity contribution is 9.09. The van der Waals surface area contributed by atoms with Crippen LogP contribution in [0.1, 0.15) is 25.7 Å². The van der Waals surface area contributed by atoms with Crippen molar-refractivity contribution in [1.82, 2.24) is 0 Å².